The zero-order valence-corrected chi connectivity index (χ0v) is 11.7. The van der Waals surface area contributed by atoms with Gasteiger partial charge in [0, 0.05) is 12.6 Å². The fourth-order valence-electron chi connectivity index (χ4n) is 2.22. The molecule has 1 saturated carbocycles. The lowest BCUT2D eigenvalue weighted by Crippen LogP contribution is -2.28. The van der Waals surface area contributed by atoms with Crippen molar-refractivity contribution >= 4 is 0 Å². The summed E-state index contributed by atoms with van der Waals surface area (Å²) < 4.78 is 11.3. The van der Waals surface area contributed by atoms with Gasteiger partial charge in [-0.05, 0) is 38.1 Å². The molecule has 1 aliphatic carbocycles. The zero-order chi connectivity index (χ0) is 12.5. The van der Waals surface area contributed by atoms with E-state index in [9.17, 15) is 0 Å². The highest BCUT2D eigenvalue weighted by Crippen LogP contribution is 2.21. The minimum Gasteiger partial charge on any atom is -0.379 e. The van der Waals surface area contributed by atoms with Gasteiger partial charge in [-0.2, -0.15) is 0 Å². The summed E-state index contributed by atoms with van der Waals surface area (Å²) >= 11 is 0. The lowest BCUT2D eigenvalue weighted by atomic mass is 10.2. The predicted octanol–water partition coefficient (Wildman–Crippen LogP) is 2.60. The lowest BCUT2D eigenvalue weighted by molar-refractivity contribution is 0.00146. The molecule has 3 nitrogen and oxygen atoms in total. The average Bonchev–Trinajstić information content (AvgIpc) is 2.73. The van der Waals surface area contributed by atoms with Crippen molar-refractivity contribution in [2.45, 2.75) is 58.6 Å². The van der Waals surface area contributed by atoms with E-state index in [4.69, 9.17) is 9.47 Å². The largest absolute Gasteiger partial charge is 0.379 e. The van der Waals surface area contributed by atoms with E-state index in [2.05, 4.69) is 26.1 Å². The highest BCUT2D eigenvalue weighted by atomic mass is 16.5. The molecule has 0 saturated heterocycles. The maximum Gasteiger partial charge on any atom is 0.0704 e. The second-order valence-electron chi connectivity index (χ2n) is 5.43. The summed E-state index contributed by atoms with van der Waals surface area (Å²) in [6.07, 6.45) is 5.30. The van der Waals surface area contributed by atoms with Crippen LogP contribution in [0.4, 0.5) is 0 Å². The highest BCUT2D eigenvalue weighted by molar-refractivity contribution is 4.80. The zero-order valence-electron chi connectivity index (χ0n) is 11.7. The number of rotatable bonds is 9. The Morgan fingerprint density at radius 2 is 2.06 bits per heavy atom. The molecular formula is C14H29NO2. The second kappa shape index (κ2) is 8.90. The smallest absolute Gasteiger partial charge is 0.0704 e. The van der Waals surface area contributed by atoms with Gasteiger partial charge < -0.3 is 14.8 Å². The van der Waals surface area contributed by atoms with E-state index >= 15 is 0 Å². The van der Waals surface area contributed by atoms with Crippen molar-refractivity contribution in [2.75, 3.05) is 26.4 Å². The summed E-state index contributed by atoms with van der Waals surface area (Å²) in [7, 11) is 0. The van der Waals surface area contributed by atoms with Crippen LogP contribution >= 0.6 is 0 Å². The Morgan fingerprint density at radius 3 is 2.76 bits per heavy atom. The van der Waals surface area contributed by atoms with E-state index < -0.39 is 0 Å². The average molecular weight is 243 g/mol. The third-order valence-electron chi connectivity index (χ3n) is 3.10. The molecule has 3 heteroatoms. The van der Waals surface area contributed by atoms with Crippen LogP contribution in [-0.4, -0.2) is 38.5 Å². The van der Waals surface area contributed by atoms with Crippen LogP contribution in [0.3, 0.4) is 0 Å². The van der Waals surface area contributed by atoms with Gasteiger partial charge in [-0.25, -0.2) is 0 Å². The van der Waals surface area contributed by atoms with Crippen LogP contribution in [0.15, 0.2) is 0 Å². The Morgan fingerprint density at radius 1 is 1.24 bits per heavy atom. The molecule has 0 heterocycles. The first-order valence-electron chi connectivity index (χ1n) is 7.15. The van der Waals surface area contributed by atoms with Crippen LogP contribution in [0.1, 0.15) is 46.5 Å². The van der Waals surface area contributed by atoms with Crippen molar-refractivity contribution in [2.24, 2.45) is 5.92 Å². The molecule has 2 unspecified atom stereocenters. The summed E-state index contributed by atoms with van der Waals surface area (Å²) in [5.41, 5.74) is 0. The van der Waals surface area contributed by atoms with Gasteiger partial charge in [-0.3, -0.25) is 0 Å². The van der Waals surface area contributed by atoms with Gasteiger partial charge >= 0.3 is 0 Å². The lowest BCUT2D eigenvalue weighted by Gasteiger charge is -2.14. The molecule has 0 aromatic carbocycles. The summed E-state index contributed by atoms with van der Waals surface area (Å²) in [6, 6.07) is 0.677. The van der Waals surface area contributed by atoms with Crippen LogP contribution in [0.2, 0.25) is 0 Å². The molecule has 0 aliphatic heterocycles. The molecule has 1 N–H and O–H groups in total. The van der Waals surface area contributed by atoms with Crippen LogP contribution in [0.5, 0.6) is 0 Å². The molecule has 17 heavy (non-hydrogen) atoms. The Labute approximate surface area is 106 Å². The number of nitrogens with one attached hydrogen (secondary N) is 1. The SMILES string of the molecule is CCCNC1CCC(OCCOCC(C)C)C1. The van der Waals surface area contributed by atoms with Gasteiger partial charge in [0.05, 0.1) is 19.3 Å². The number of ether oxygens (including phenoxy) is 2. The van der Waals surface area contributed by atoms with Gasteiger partial charge in [0.1, 0.15) is 0 Å². The van der Waals surface area contributed by atoms with E-state index in [-0.39, 0.29) is 0 Å². The van der Waals surface area contributed by atoms with Crippen molar-refractivity contribution in [1.29, 1.82) is 0 Å². The van der Waals surface area contributed by atoms with Crippen molar-refractivity contribution in [3.63, 3.8) is 0 Å². The normalized spacial score (nSPS) is 24.7. The molecule has 1 aliphatic rings. The molecule has 0 bridgehead atoms. The molecule has 1 fully saturated rings. The topological polar surface area (TPSA) is 30.5 Å². The van der Waals surface area contributed by atoms with Gasteiger partial charge in [0.25, 0.3) is 0 Å². The molecule has 0 aromatic rings. The first kappa shape index (κ1) is 14.9. The quantitative estimate of drug-likeness (QED) is 0.631. The summed E-state index contributed by atoms with van der Waals surface area (Å²) in [4.78, 5) is 0. The Kier molecular flexibility index (Phi) is 7.82. The first-order chi connectivity index (χ1) is 8.22. The van der Waals surface area contributed by atoms with Crippen molar-refractivity contribution in [1.82, 2.24) is 5.32 Å². The predicted molar refractivity (Wildman–Crippen MR) is 71.3 cm³/mol. The third kappa shape index (κ3) is 7.02. The molecule has 1 rings (SSSR count). The van der Waals surface area contributed by atoms with Gasteiger partial charge in [0.15, 0.2) is 0 Å². The number of hydrogen-bond acceptors (Lipinski definition) is 3. The van der Waals surface area contributed by atoms with Crippen LogP contribution in [0.25, 0.3) is 0 Å². The van der Waals surface area contributed by atoms with Crippen molar-refractivity contribution in [3.8, 4) is 0 Å². The van der Waals surface area contributed by atoms with E-state index in [1.54, 1.807) is 0 Å². The minimum absolute atomic E-state index is 0.451. The van der Waals surface area contributed by atoms with E-state index in [0.29, 0.717) is 18.1 Å². The Balaban J connectivity index is 1.94. The van der Waals surface area contributed by atoms with Gasteiger partial charge in [-0.1, -0.05) is 20.8 Å². The van der Waals surface area contributed by atoms with Crippen molar-refractivity contribution in [3.05, 3.63) is 0 Å². The molecule has 0 spiro atoms. The molecule has 0 radical (unpaired) electrons. The van der Waals surface area contributed by atoms with E-state index in [1.165, 1.54) is 25.7 Å². The highest BCUT2D eigenvalue weighted by Gasteiger charge is 2.24. The second-order valence-corrected chi connectivity index (χ2v) is 5.43. The first-order valence-corrected chi connectivity index (χ1v) is 7.15. The third-order valence-corrected chi connectivity index (χ3v) is 3.10. The maximum atomic E-state index is 5.83. The van der Waals surface area contributed by atoms with Gasteiger partial charge in [-0.15, -0.1) is 0 Å². The summed E-state index contributed by atoms with van der Waals surface area (Å²) in [5.74, 6) is 0.615. The number of hydrogen-bond donors (Lipinski definition) is 1. The van der Waals surface area contributed by atoms with Crippen LogP contribution < -0.4 is 5.32 Å². The fourth-order valence-corrected chi connectivity index (χ4v) is 2.22. The minimum atomic E-state index is 0.451. The monoisotopic (exact) mass is 243 g/mol. The fraction of sp³-hybridized carbons (Fsp3) is 1.00. The van der Waals surface area contributed by atoms with Crippen LogP contribution in [0, 0.1) is 5.92 Å². The van der Waals surface area contributed by atoms with Crippen LogP contribution in [-0.2, 0) is 9.47 Å². The Hall–Kier alpha value is -0.120. The molecular weight excluding hydrogens is 214 g/mol. The molecule has 0 amide bonds. The summed E-state index contributed by atoms with van der Waals surface area (Å²) in [6.45, 7) is 10.0. The molecule has 102 valence electrons. The van der Waals surface area contributed by atoms with E-state index in [0.717, 1.165) is 26.4 Å². The summed E-state index contributed by atoms with van der Waals surface area (Å²) in [5, 5.41) is 3.57. The standard InChI is InChI=1S/C14H29NO2/c1-4-7-15-13-5-6-14(10-13)17-9-8-16-11-12(2)3/h12-15H,4-11H2,1-3H3. The molecule has 0 aromatic heterocycles. The Bertz CT molecular complexity index is 185. The van der Waals surface area contributed by atoms with Crippen molar-refractivity contribution < 1.29 is 9.47 Å². The molecule has 2 atom stereocenters. The van der Waals surface area contributed by atoms with E-state index in [1.807, 2.05) is 0 Å². The maximum absolute atomic E-state index is 5.83. The van der Waals surface area contributed by atoms with Gasteiger partial charge in [0.2, 0.25) is 0 Å².